The highest BCUT2D eigenvalue weighted by Gasteiger charge is 2.09. The van der Waals surface area contributed by atoms with Crippen molar-refractivity contribution in [2.75, 3.05) is 0 Å². The Morgan fingerprint density at radius 1 is 1.26 bits per heavy atom. The first-order valence-electron chi connectivity index (χ1n) is 6.21. The number of aryl methyl sites for hydroxylation is 1. The Balaban J connectivity index is 2.02. The molecule has 0 saturated carbocycles. The normalized spacial score (nSPS) is 10.7. The van der Waals surface area contributed by atoms with Crippen molar-refractivity contribution in [3.63, 3.8) is 0 Å². The second-order valence-electron chi connectivity index (χ2n) is 4.18. The third kappa shape index (κ3) is 4.10. The lowest BCUT2D eigenvalue weighted by atomic mass is 10.1. The van der Waals surface area contributed by atoms with Crippen molar-refractivity contribution in [1.29, 1.82) is 0 Å². The van der Waals surface area contributed by atoms with Crippen LogP contribution in [0.5, 0.6) is 10.9 Å². The van der Waals surface area contributed by atoms with E-state index < -0.39 is 0 Å². The number of hydrogen-bond donors (Lipinski definition) is 0. The molecule has 0 aliphatic heterocycles. The number of benzene rings is 1. The number of hydrogen-bond acceptors (Lipinski definition) is 3. The third-order valence-electron chi connectivity index (χ3n) is 2.70. The lowest BCUT2D eigenvalue weighted by Crippen LogP contribution is -1.86. The lowest BCUT2D eigenvalue weighted by molar-refractivity contribution is 0.478. The van der Waals surface area contributed by atoms with E-state index in [1.54, 1.807) is 0 Å². The summed E-state index contributed by atoms with van der Waals surface area (Å²) in [6.07, 6.45) is 3.52. The van der Waals surface area contributed by atoms with E-state index in [1.165, 1.54) is 29.7 Å². The summed E-state index contributed by atoms with van der Waals surface area (Å²) in [4.78, 5) is 4.96. The van der Waals surface area contributed by atoms with E-state index in [-0.39, 0.29) is 0 Å². The van der Waals surface area contributed by atoms with Gasteiger partial charge in [0.05, 0.1) is 10.8 Å². The van der Waals surface area contributed by atoms with Gasteiger partial charge in [-0.05, 0) is 30.5 Å². The number of alkyl halides is 1. The smallest absolute Gasteiger partial charge is 0.280 e. The summed E-state index contributed by atoms with van der Waals surface area (Å²) in [6.45, 7) is 2.19. The van der Waals surface area contributed by atoms with Crippen LogP contribution in [0.1, 0.15) is 30.2 Å². The number of nitrogens with zero attached hydrogens (tertiary/aromatic N) is 1. The van der Waals surface area contributed by atoms with Crippen LogP contribution in [0.3, 0.4) is 0 Å². The van der Waals surface area contributed by atoms with Gasteiger partial charge in [0.1, 0.15) is 10.9 Å². The van der Waals surface area contributed by atoms with E-state index in [2.05, 4.69) is 24.0 Å². The van der Waals surface area contributed by atoms with Crippen molar-refractivity contribution in [2.45, 2.75) is 32.1 Å². The monoisotopic (exact) mass is 315 g/mol. The molecular weight excluding hydrogens is 301 g/mol. The predicted molar refractivity (Wildman–Crippen MR) is 81.8 cm³/mol. The molecular formula is C14H15Cl2NOS. The molecule has 0 aliphatic carbocycles. The van der Waals surface area contributed by atoms with Crippen LogP contribution in [-0.2, 0) is 12.3 Å². The maximum atomic E-state index is 5.93. The maximum absolute atomic E-state index is 5.93. The standard InChI is InChI=1S/C14H15Cl2NOS/c1-2-3-4-10-5-7-11(8-6-10)18-14-17-13(16)12(9-15)19-14/h5-8H,2-4,9H2,1H3. The molecule has 0 spiro atoms. The van der Waals surface area contributed by atoms with Crippen molar-refractivity contribution >= 4 is 34.5 Å². The first kappa shape index (κ1) is 14.6. The highest BCUT2D eigenvalue weighted by atomic mass is 35.5. The van der Waals surface area contributed by atoms with E-state index in [0.717, 1.165) is 17.0 Å². The van der Waals surface area contributed by atoms with Crippen LogP contribution in [0.2, 0.25) is 5.15 Å². The van der Waals surface area contributed by atoms with Gasteiger partial charge < -0.3 is 4.74 Å². The van der Waals surface area contributed by atoms with Crippen molar-refractivity contribution < 1.29 is 4.74 Å². The molecule has 19 heavy (non-hydrogen) atoms. The van der Waals surface area contributed by atoms with E-state index in [4.69, 9.17) is 27.9 Å². The van der Waals surface area contributed by atoms with Gasteiger partial charge in [-0.3, -0.25) is 0 Å². The maximum Gasteiger partial charge on any atom is 0.280 e. The average Bonchev–Trinajstić information content (AvgIpc) is 2.78. The molecule has 1 aromatic heterocycles. The molecule has 0 unspecified atom stereocenters. The molecule has 0 N–H and O–H groups in total. The Hall–Kier alpha value is -0.770. The number of unbranched alkanes of at least 4 members (excludes halogenated alkanes) is 1. The number of halogens is 2. The zero-order valence-corrected chi connectivity index (χ0v) is 13.0. The number of rotatable bonds is 6. The lowest BCUT2D eigenvalue weighted by Gasteiger charge is -2.03. The fourth-order valence-corrected chi connectivity index (χ4v) is 2.98. The van der Waals surface area contributed by atoms with Crippen LogP contribution in [0.15, 0.2) is 24.3 Å². The molecule has 0 fully saturated rings. The third-order valence-corrected chi connectivity index (χ3v) is 4.48. The first-order chi connectivity index (χ1) is 9.22. The molecule has 0 amide bonds. The minimum absolute atomic E-state index is 0.357. The zero-order valence-electron chi connectivity index (χ0n) is 10.7. The van der Waals surface area contributed by atoms with Gasteiger partial charge >= 0.3 is 0 Å². The summed E-state index contributed by atoms with van der Waals surface area (Å²) in [5.74, 6) is 1.13. The quantitative estimate of drug-likeness (QED) is 0.641. The Labute approximate surface area is 127 Å². The SMILES string of the molecule is CCCCc1ccc(Oc2nc(Cl)c(CCl)s2)cc1. The highest BCUT2D eigenvalue weighted by Crippen LogP contribution is 2.33. The Bertz CT molecular complexity index is 525. The van der Waals surface area contributed by atoms with E-state index in [9.17, 15) is 0 Å². The molecule has 2 rings (SSSR count). The number of thiazole rings is 1. The Kier molecular flexibility index (Phi) is 5.49. The minimum atomic E-state index is 0.357. The summed E-state index contributed by atoms with van der Waals surface area (Å²) in [5, 5.41) is 0.955. The van der Waals surface area contributed by atoms with E-state index >= 15 is 0 Å². The summed E-state index contributed by atoms with van der Waals surface area (Å²) in [6, 6.07) is 8.09. The fourth-order valence-electron chi connectivity index (χ4n) is 1.64. The van der Waals surface area contributed by atoms with E-state index in [0.29, 0.717) is 16.2 Å². The molecule has 0 radical (unpaired) electrons. The van der Waals surface area contributed by atoms with Gasteiger partial charge in [-0.25, -0.2) is 0 Å². The summed E-state index contributed by atoms with van der Waals surface area (Å²) in [7, 11) is 0. The molecule has 1 heterocycles. The van der Waals surface area contributed by atoms with Crippen LogP contribution < -0.4 is 4.74 Å². The van der Waals surface area contributed by atoms with Crippen molar-refractivity contribution in [3.8, 4) is 10.9 Å². The van der Waals surface area contributed by atoms with Gasteiger partial charge in [0.15, 0.2) is 0 Å². The summed E-state index contributed by atoms with van der Waals surface area (Å²) < 4.78 is 5.67. The summed E-state index contributed by atoms with van der Waals surface area (Å²) >= 11 is 13.1. The minimum Gasteiger partial charge on any atom is -0.431 e. The average molecular weight is 316 g/mol. The molecule has 1 aromatic carbocycles. The molecule has 2 aromatic rings. The summed E-state index contributed by atoms with van der Waals surface area (Å²) in [5.41, 5.74) is 1.33. The molecule has 102 valence electrons. The molecule has 0 aliphatic rings. The van der Waals surface area contributed by atoms with Gasteiger partial charge in [0.2, 0.25) is 0 Å². The van der Waals surface area contributed by atoms with Gasteiger partial charge in [0.25, 0.3) is 5.19 Å². The van der Waals surface area contributed by atoms with Gasteiger partial charge in [-0.15, -0.1) is 11.6 Å². The molecule has 0 atom stereocenters. The molecule has 2 nitrogen and oxygen atoms in total. The topological polar surface area (TPSA) is 22.1 Å². The second-order valence-corrected chi connectivity index (χ2v) is 5.85. The van der Waals surface area contributed by atoms with Crippen LogP contribution in [0, 0.1) is 0 Å². The first-order valence-corrected chi connectivity index (χ1v) is 7.93. The number of ether oxygens (including phenoxy) is 1. The Morgan fingerprint density at radius 3 is 2.58 bits per heavy atom. The molecule has 0 saturated heterocycles. The molecule has 5 heteroatoms. The largest absolute Gasteiger partial charge is 0.431 e. The second kappa shape index (κ2) is 7.13. The van der Waals surface area contributed by atoms with Crippen LogP contribution in [0.25, 0.3) is 0 Å². The van der Waals surface area contributed by atoms with Crippen LogP contribution >= 0.6 is 34.5 Å². The van der Waals surface area contributed by atoms with Crippen LogP contribution in [0.4, 0.5) is 0 Å². The Morgan fingerprint density at radius 2 is 2.00 bits per heavy atom. The van der Waals surface area contributed by atoms with Gasteiger partial charge in [0, 0.05) is 0 Å². The van der Waals surface area contributed by atoms with Crippen LogP contribution in [-0.4, -0.2) is 4.98 Å². The van der Waals surface area contributed by atoms with Crippen molar-refractivity contribution in [1.82, 2.24) is 4.98 Å². The van der Waals surface area contributed by atoms with Crippen molar-refractivity contribution in [3.05, 3.63) is 39.9 Å². The van der Waals surface area contributed by atoms with E-state index in [1.807, 2.05) is 12.1 Å². The molecule has 0 bridgehead atoms. The number of aromatic nitrogens is 1. The van der Waals surface area contributed by atoms with Crippen molar-refractivity contribution in [2.24, 2.45) is 0 Å². The fraction of sp³-hybridized carbons (Fsp3) is 0.357. The zero-order chi connectivity index (χ0) is 13.7. The van der Waals surface area contributed by atoms with Gasteiger partial charge in [-0.1, -0.05) is 48.4 Å². The predicted octanol–water partition coefficient (Wildman–Crippen LogP) is 5.67. The van der Waals surface area contributed by atoms with Gasteiger partial charge in [-0.2, -0.15) is 4.98 Å². The highest BCUT2D eigenvalue weighted by molar-refractivity contribution is 7.14.